The average molecular weight is 586 g/mol. The van der Waals surface area contributed by atoms with Gasteiger partial charge in [-0.05, 0) is 92.4 Å². The van der Waals surface area contributed by atoms with Crippen molar-refractivity contribution >= 4 is 48.3 Å². The SMILES string of the molecule is Cc1ccccc1P(C[C@H]1CCCN1C(=O)c1ccccc1P(c1ccccc1)c1ccccc1)c1ccccc1C. The number of carbonyl (C=O) groups excluding carboxylic acids is 1. The van der Waals surface area contributed by atoms with Gasteiger partial charge >= 0.3 is 0 Å². The van der Waals surface area contributed by atoms with E-state index < -0.39 is 15.8 Å². The Morgan fingerprint density at radius 1 is 0.643 bits per heavy atom. The van der Waals surface area contributed by atoms with Crippen LogP contribution in [0.25, 0.3) is 0 Å². The molecule has 5 aromatic carbocycles. The number of amides is 1. The lowest BCUT2D eigenvalue weighted by molar-refractivity contribution is 0.0751. The third-order valence-electron chi connectivity index (χ3n) is 8.25. The quantitative estimate of drug-likeness (QED) is 0.184. The summed E-state index contributed by atoms with van der Waals surface area (Å²) in [5, 5.41) is 6.52. The zero-order valence-corrected chi connectivity index (χ0v) is 26.1. The van der Waals surface area contributed by atoms with Crippen LogP contribution in [0, 0.1) is 13.8 Å². The van der Waals surface area contributed by atoms with Crippen LogP contribution in [-0.2, 0) is 0 Å². The molecule has 1 aliphatic heterocycles. The van der Waals surface area contributed by atoms with Crippen LogP contribution < -0.4 is 26.5 Å². The van der Waals surface area contributed by atoms with E-state index >= 15 is 0 Å². The van der Waals surface area contributed by atoms with Crippen LogP contribution in [0.5, 0.6) is 0 Å². The summed E-state index contributed by atoms with van der Waals surface area (Å²) in [6, 6.07) is 47.6. The van der Waals surface area contributed by atoms with Gasteiger partial charge < -0.3 is 4.90 Å². The topological polar surface area (TPSA) is 20.3 Å². The summed E-state index contributed by atoms with van der Waals surface area (Å²) in [6.07, 6.45) is 3.09. The van der Waals surface area contributed by atoms with Gasteiger partial charge in [0.2, 0.25) is 0 Å². The molecule has 0 N–H and O–H groups in total. The summed E-state index contributed by atoms with van der Waals surface area (Å²) in [4.78, 5) is 16.8. The Morgan fingerprint density at radius 3 is 1.67 bits per heavy atom. The van der Waals surface area contributed by atoms with Crippen LogP contribution in [0.4, 0.5) is 0 Å². The van der Waals surface area contributed by atoms with Crippen molar-refractivity contribution < 1.29 is 4.79 Å². The molecule has 1 fully saturated rings. The van der Waals surface area contributed by atoms with Crippen molar-refractivity contribution in [1.82, 2.24) is 4.90 Å². The van der Waals surface area contributed by atoms with Crippen molar-refractivity contribution in [2.24, 2.45) is 0 Å². The third kappa shape index (κ3) is 5.98. The van der Waals surface area contributed by atoms with E-state index in [2.05, 4.69) is 146 Å². The van der Waals surface area contributed by atoms with Crippen molar-refractivity contribution in [3.8, 4) is 0 Å². The molecule has 0 spiro atoms. The van der Waals surface area contributed by atoms with E-state index in [1.165, 1.54) is 32.3 Å². The predicted molar refractivity (Wildman–Crippen MR) is 183 cm³/mol. The zero-order valence-electron chi connectivity index (χ0n) is 24.4. The molecule has 1 atom stereocenters. The zero-order chi connectivity index (χ0) is 28.9. The maximum absolute atomic E-state index is 14.6. The Labute approximate surface area is 252 Å². The first-order valence-electron chi connectivity index (χ1n) is 14.8. The van der Waals surface area contributed by atoms with E-state index in [-0.39, 0.29) is 11.9 Å². The van der Waals surface area contributed by atoms with E-state index in [0.29, 0.717) is 0 Å². The lowest BCUT2D eigenvalue weighted by atomic mass is 10.2. The first-order valence-corrected chi connectivity index (χ1v) is 17.7. The highest BCUT2D eigenvalue weighted by Gasteiger charge is 2.34. The maximum Gasteiger partial charge on any atom is 0.254 e. The molecular weight excluding hydrogens is 548 g/mol. The molecule has 0 bridgehead atoms. The van der Waals surface area contributed by atoms with Gasteiger partial charge in [0.15, 0.2) is 0 Å². The van der Waals surface area contributed by atoms with Gasteiger partial charge in [-0.3, -0.25) is 4.79 Å². The first-order chi connectivity index (χ1) is 20.6. The highest BCUT2D eigenvalue weighted by atomic mass is 31.1. The Bertz CT molecular complexity index is 1570. The average Bonchev–Trinajstić information content (AvgIpc) is 3.50. The lowest BCUT2D eigenvalue weighted by Crippen LogP contribution is -2.41. The summed E-state index contributed by atoms with van der Waals surface area (Å²) < 4.78 is 0. The van der Waals surface area contributed by atoms with Crippen LogP contribution in [-0.4, -0.2) is 29.6 Å². The molecular formula is C38H37NOP2. The Balaban J connectivity index is 1.37. The highest BCUT2D eigenvalue weighted by Crippen LogP contribution is 2.41. The van der Waals surface area contributed by atoms with Crippen LogP contribution in [0.1, 0.15) is 34.3 Å². The Hall–Kier alpha value is -3.57. The molecule has 0 unspecified atom stereocenters. The molecule has 0 aromatic heterocycles. The molecule has 1 aliphatic rings. The standard InChI is InChI=1S/C38H37NOP2/c1-29-16-9-12-24-35(29)41(36-25-13-10-17-30(36)2)28-31-18-15-27-39(31)38(40)34-23-11-14-26-37(34)42(32-19-5-3-6-20-32)33-21-7-4-8-22-33/h3-14,16-17,19-26,31H,15,18,27-28H2,1-2H3/t31-/m1/s1. The van der Waals surface area contributed by atoms with Gasteiger partial charge in [-0.15, -0.1) is 0 Å². The van der Waals surface area contributed by atoms with Gasteiger partial charge in [0.25, 0.3) is 5.91 Å². The number of benzene rings is 5. The monoisotopic (exact) mass is 585 g/mol. The Kier molecular flexibility index (Phi) is 8.95. The van der Waals surface area contributed by atoms with Crippen LogP contribution >= 0.6 is 15.8 Å². The fourth-order valence-electron chi connectivity index (χ4n) is 6.15. The minimum atomic E-state index is -0.869. The van der Waals surface area contributed by atoms with Crippen molar-refractivity contribution in [3.05, 3.63) is 150 Å². The van der Waals surface area contributed by atoms with Crippen molar-refractivity contribution in [2.45, 2.75) is 32.7 Å². The lowest BCUT2D eigenvalue weighted by Gasteiger charge is -2.31. The number of rotatable bonds is 8. The molecule has 0 aliphatic carbocycles. The van der Waals surface area contributed by atoms with Gasteiger partial charge in [0.1, 0.15) is 0 Å². The molecule has 1 saturated heterocycles. The van der Waals surface area contributed by atoms with E-state index in [1.807, 2.05) is 6.07 Å². The maximum atomic E-state index is 14.6. The summed E-state index contributed by atoms with van der Waals surface area (Å²) in [5.41, 5.74) is 3.52. The number of nitrogens with zero attached hydrogens (tertiary/aromatic N) is 1. The summed E-state index contributed by atoms with van der Waals surface area (Å²) in [6.45, 7) is 5.27. The molecule has 2 nitrogen and oxygen atoms in total. The second kappa shape index (κ2) is 13.2. The minimum absolute atomic E-state index is 0.178. The van der Waals surface area contributed by atoms with Crippen molar-refractivity contribution in [3.63, 3.8) is 0 Å². The van der Waals surface area contributed by atoms with Crippen LogP contribution in [0.15, 0.2) is 133 Å². The number of hydrogen-bond donors (Lipinski definition) is 0. The van der Waals surface area contributed by atoms with Crippen LogP contribution in [0.3, 0.4) is 0 Å². The molecule has 0 saturated carbocycles. The summed E-state index contributed by atoms with van der Waals surface area (Å²) >= 11 is 0. The molecule has 0 radical (unpaired) electrons. The first kappa shape index (κ1) is 28.5. The number of hydrogen-bond acceptors (Lipinski definition) is 1. The molecule has 1 amide bonds. The van der Waals surface area contributed by atoms with E-state index in [4.69, 9.17) is 0 Å². The van der Waals surface area contributed by atoms with Crippen molar-refractivity contribution in [1.29, 1.82) is 0 Å². The second-order valence-electron chi connectivity index (χ2n) is 11.0. The predicted octanol–water partition coefficient (Wildman–Crippen LogP) is 6.80. The van der Waals surface area contributed by atoms with Gasteiger partial charge in [0.05, 0.1) is 0 Å². The van der Waals surface area contributed by atoms with Gasteiger partial charge in [0, 0.05) is 18.2 Å². The number of likely N-dealkylation sites (tertiary alicyclic amines) is 1. The molecule has 6 rings (SSSR count). The Morgan fingerprint density at radius 2 is 1.12 bits per heavy atom. The number of carbonyl (C=O) groups is 1. The largest absolute Gasteiger partial charge is 0.335 e. The normalized spacial score (nSPS) is 15.0. The third-order valence-corrected chi connectivity index (χ3v) is 13.7. The van der Waals surface area contributed by atoms with Crippen LogP contribution in [0.2, 0.25) is 0 Å². The highest BCUT2D eigenvalue weighted by molar-refractivity contribution is 7.80. The minimum Gasteiger partial charge on any atom is -0.335 e. The molecule has 42 heavy (non-hydrogen) atoms. The van der Waals surface area contributed by atoms with Crippen molar-refractivity contribution in [2.75, 3.05) is 12.7 Å². The fraction of sp³-hybridized carbons (Fsp3) is 0.184. The molecule has 4 heteroatoms. The molecule has 1 heterocycles. The van der Waals surface area contributed by atoms with E-state index in [9.17, 15) is 4.79 Å². The van der Waals surface area contributed by atoms with E-state index in [0.717, 1.165) is 36.4 Å². The number of aryl methyl sites for hydroxylation is 2. The van der Waals surface area contributed by atoms with E-state index in [1.54, 1.807) is 0 Å². The smallest absolute Gasteiger partial charge is 0.254 e. The van der Waals surface area contributed by atoms with Gasteiger partial charge in [-0.2, -0.15) is 0 Å². The molecule has 210 valence electrons. The van der Waals surface area contributed by atoms with Gasteiger partial charge in [-0.25, -0.2) is 0 Å². The summed E-state index contributed by atoms with van der Waals surface area (Å²) in [5.74, 6) is 0.178. The fourth-order valence-corrected chi connectivity index (χ4v) is 11.6. The summed E-state index contributed by atoms with van der Waals surface area (Å²) in [7, 11) is -1.48. The second-order valence-corrected chi connectivity index (χ2v) is 15.4. The van der Waals surface area contributed by atoms with Gasteiger partial charge in [-0.1, -0.05) is 127 Å². The molecule has 5 aromatic rings.